The largest absolute Gasteiger partial charge is 0.393 e. The molecular weight excluding hydrogens is 331 g/mol. The van der Waals surface area contributed by atoms with Crippen molar-refractivity contribution < 1.29 is 14.6 Å². The van der Waals surface area contributed by atoms with Crippen LogP contribution in [0.4, 0.5) is 4.39 Å². The molecule has 0 aliphatic rings. The number of aliphatic hydroxyl groups excluding tert-OH is 2. The lowest BCUT2D eigenvalue weighted by Crippen LogP contribution is -2.15. The summed E-state index contributed by atoms with van der Waals surface area (Å²) in [6, 6.07) is 13.4. The van der Waals surface area contributed by atoms with Crippen LogP contribution in [0.5, 0.6) is 0 Å². The van der Waals surface area contributed by atoms with E-state index in [1.165, 1.54) is 6.07 Å². The lowest BCUT2D eigenvalue weighted by molar-refractivity contribution is 0.176. The van der Waals surface area contributed by atoms with Crippen LogP contribution in [0.2, 0.25) is 0 Å². The average molecular weight is 350 g/mol. The number of aliphatic hydroxyl groups is 2. The summed E-state index contributed by atoms with van der Waals surface area (Å²) < 4.78 is 15.5. The van der Waals surface area contributed by atoms with E-state index in [-0.39, 0.29) is 12.4 Å². The molecule has 0 bridgehead atoms. The molecule has 0 radical (unpaired) electrons. The highest BCUT2D eigenvalue weighted by atomic mass is 19.1. The minimum Gasteiger partial charge on any atom is -0.393 e. The number of imidazole rings is 1. The summed E-state index contributed by atoms with van der Waals surface area (Å²) in [7, 11) is 0. The molecule has 1 heterocycles. The first-order valence-electron chi connectivity index (χ1n) is 8.28. The van der Waals surface area contributed by atoms with Gasteiger partial charge < -0.3 is 14.8 Å². The van der Waals surface area contributed by atoms with Crippen LogP contribution < -0.4 is 0 Å². The highest BCUT2D eigenvalue weighted by Gasteiger charge is 2.14. The number of benzene rings is 2. The van der Waals surface area contributed by atoms with Gasteiger partial charge in [-0.2, -0.15) is 0 Å². The number of hydrogen-bond acceptors (Lipinski definition) is 3. The Balaban J connectivity index is 1.83. The average Bonchev–Trinajstić information content (AvgIpc) is 3.13. The normalized spacial score (nSPS) is 12.9. The molecule has 0 saturated carbocycles. The molecule has 0 amide bonds. The second kappa shape index (κ2) is 7.96. The highest BCUT2D eigenvalue weighted by molar-refractivity contribution is 5.64. The lowest BCUT2D eigenvalue weighted by Gasteiger charge is -2.14. The van der Waals surface area contributed by atoms with E-state index in [0.29, 0.717) is 11.4 Å². The third-order valence-corrected chi connectivity index (χ3v) is 4.03. The molecule has 0 fully saturated rings. The summed E-state index contributed by atoms with van der Waals surface area (Å²) in [4.78, 5) is 4.09. The molecule has 2 N–H and O–H groups in total. The number of rotatable bonds is 4. The number of nitrogens with zero attached hydrogens (tertiary/aromatic N) is 2. The van der Waals surface area contributed by atoms with Crippen molar-refractivity contribution in [2.45, 2.75) is 19.1 Å². The van der Waals surface area contributed by atoms with Gasteiger partial charge in [-0.3, -0.25) is 0 Å². The van der Waals surface area contributed by atoms with Crippen LogP contribution >= 0.6 is 0 Å². The van der Waals surface area contributed by atoms with E-state index in [9.17, 15) is 14.6 Å². The fraction of sp³-hybridized carbons (Fsp3) is 0.190. The van der Waals surface area contributed by atoms with Gasteiger partial charge in [-0.15, -0.1) is 0 Å². The van der Waals surface area contributed by atoms with E-state index in [1.807, 2.05) is 24.3 Å². The van der Waals surface area contributed by atoms with Gasteiger partial charge in [0.2, 0.25) is 0 Å². The zero-order valence-electron chi connectivity index (χ0n) is 14.3. The Kier molecular flexibility index (Phi) is 5.47. The van der Waals surface area contributed by atoms with Crippen molar-refractivity contribution in [3.05, 3.63) is 78.1 Å². The van der Waals surface area contributed by atoms with E-state index in [2.05, 4.69) is 16.8 Å². The number of halogens is 1. The van der Waals surface area contributed by atoms with Crippen LogP contribution in [0.1, 0.15) is 30.5 Å². The molecule has 0 spiro atoms. The summed E-state index contributed by atoms with van der Waals surface area (Å²) in [6.45, 7) is 1.42. The van der Waals surface area contributed by atoms with Crippen molar-refractivity contribution in [2.75, 3.05) is 6.61 Å². The maximum Gasteiger partial charge on any atom is 0.138 e. The Morgan fingerprint density at radius 3 is 2.54 bits per heavy atom. The zero-order valence-corrected chi connectivity index (χ0v) is 14.3. The first-order valence-corrected chi connectivity index (χ1v) is 8.28. The van der Waals surface area contributed by atoms with Gasteiger partial charge in [0.05, 0.1) is 6.61 Å². The maximum absolute atomic E-state index is 13.9. The van der Waals surface area contributed by atoms with E-state index in [1.54, 1.807) is 42.1 Å². The van der Waals surface area contributed by atoms with Gasteiger partial charge >= 0.3 is 0 Å². The molecule has 0 saturated heterocycles. The number of aromatic nitrogens is 2. The molecule has 4 nitrogen and oxygen atoms in total. The quantitative estimate of drug-likeness (QED) is 0.710. The van der Waals surface area contributed by atoms with Crippen LogP contribution in [0.3, 0.4) is 0 Å². The smallest absolute Gasteiger partial charge is 0.138 e. The van der Waals surface area contributed by atoms with Gasteiger partial charge in [0.25, 0.3) is 0 Å². The summed E-state index contributed by atoms with van der Waals surface area (Å²) >= 11 is 0. The Morgan fingerprint density at radius 1 is 1.15 bits per heavy atom. The topological polar surface area (TPSA) is 58.3 Å². The van der Waals surface area contributed by atoms with Gasteiger partial charge in [0, 0.05) is 23.5 Å². The highest BCUT2D eigenvalue weighted by Crippen LogP contribution is 2.22. The molecule has 5 heteroatoms. The third kappa shape index (κ3) is 3.83. The predicted molar refractivity (Wildman–Crippen MR) is 97.7 cm³/mol. The second-order valence-corrected chi connectivity index (χ2v) is 5.89. The molecule has 1 aromatic heterocycles. The van der Waals surface area contributed by atoms with Gasteiger partial charge in [-0.1, -0.05) is 42.2 Å². The Hall–Kier alpha value is -2.94. The maximum atomic E-state index is 13.9. The molecule has 0 aliphatic heterocycles. The summed E-state index contributed by atoms with van der Waals surface area (Å²) in [5, 5.41) is 19.4. The lowest BCUT2D eigenvalue weighted by atomic mass is 10.0. The zero-order chi connectivity index (χ0) is 18.5. The van der Waals surface area contributed by atoms with E-state index in [0.717, 1.165) is 11.1 Å². The molecule has 132 valence electrons. The van der Waals surface area contributed by atoms with Crippen LogP contribution in [-0.2, 0) is 0 Å². The number of hydrogen-bond donors (Lipinski definition) is 2. The van der Waals surface area contributed by atoms with Gasteiger partial charge in [-0.25, -0.2) is 9.37 Å². The molecule has 0 aliphatic carbocycles. The van der Waals surface area contributed by atoms with Gasteiger partial charge in [-0.05, 0) is 30.7 Å². The van der Waals surface area contributed by atoms with Crippen molar-refractivity contribution >= 4 is 0 Å². The SMILES string of the molecule is C[C@H](O)c1nccn1[C@@H](C#Cc1ccc(-c2ccccc2F)cc1)CO. The first kappa shape index (κ1) is 17.9. The molecule has 3 rings (SSSR count). The monoisotopic (exact) mass is 350 g/mol. The third-order valence-electron chi connectivity index (χ3n) is 4.03. The van der Waals surface area contributed by atoms with Crippen LogP contribution in [0, 0.1) is 17.7 Å². The fourth-order valence-corrected chi connectivity index (χ4v) is 2.71. The van der Waals surface area contributed by atoms with Crippen molar-refractivity contribution in [3.8, 4) is 23.0 Å². The molecule has 3 aromatic rings. The van der Waals surface area contributed by atoms with Crippen molar-refractivity contribution in [1.82, 2.24) is 9.55 Å². The Bertz CT molecular complexity index is 936. The van der Waals surface area contributed by atoms with E-state index < -0.39 is 12.1 Å². The van der Waals surface area contributed by atoms with Gasteiger partial charge in [0.15, 0.2) is 0 Å². The Labute approximate surface area is 151 Å². The van der Waals surface area contributed by atoms with E-state index >= 15 is 0 Å². The summed E-state index contributed by atoms with van der Waals surface area (Å²) in [5.74, 6) is 6.19. The van der Waals surface area contributed by atoms with Crippen molar-refractivity contribution in [1.29, 1.82) is 0 Å². The minimum absolute atomic E-state index is 0.198. The van der Waals surface area contributed by atoms with E-state index in [4.69, 9.17) is 0 Å². The Morgan fingerprint density at radius 2 is 1.88 bits per heavy atom. The van der Waals surface area contributed by atoms with Crippen LogP contribution in [0.15, 0.2) is 60.9 Å². The van der Waals surface area contributed by atoms with Gasteiger partial charge in [0.1, 0.15) is 23.8 Å². The molecule has 2 aromatic carbocycles. The second-order valence-electron chi connectivity index (χ2n) is 5.89. The summed E-state index contributed by atoms with van der Waals surface area (Å²) in [5.41, 5.74) is 2.07. The predicted octanol–water partition coefficient (Wildman–Crippen LogP) is 3.33. The molecule has 2 atom stereocenters. The summed E-state index contributed by atoms with van der Waals surface area (Å²) in [6.07, 6.45) is 2.50. The molecule has 26 heavy (non-hydrogen) atoms. The molecule has 0 unspecified atom stereocenters. The van der Waals surface area contributed by atoms with Crippen LogP contribution in [-0.4, -0.2) is 26.4 Å². The van der Waals surface area contributed by atoms with Crippen molar-refractivity contribution in [2.24, 2.45) is 0 Å². The van der Waals surface area contributed by atoms with Crippen LogP contribution in [0.25, 0.3) is 11.1 Å². The minimum atomic E-state index is -0.749. The molecular formula is C21H19FN2O2. The van der Waals surface area contributed by atoms with Crippen molar-refractivity contribution in [3.63, 3.8) is 0 Å². The standard InChI is InChI=1S/C21H19FN2O2/c1-15(26)21-23-12-13-24(21)18(14-25)11-8-16-6-9-17(10-7-16)19-4-2-3-5-20(19)22/h2-7,9-10,12-13,15,18,25-26H,14H2,1H3/t15-,18-/m0/s1. The fourth-order valence-electron chi connectivity index (χ4n) is 2.71. The first-order chi connectivity index (χ1) is 12.6.